The maximum Gasteiger partial charge on any atom is 0.303 e. The molecule has 4 heteroatoms. The van der Waals surface area contributed by atoms with E-state index in [1.165, 1.54) is 6.92 Å². The van der Waals surface area contributed by atoms with Crippen molar-refractivity contribution in [1.29, 1.82) is 0 Å². The largest absolute Gasteiger partial charge is 0.484 e. The maximum atomic E-state index is 11.4. The van der Waals surface area contributed by atoms with Crippen LogP contribution in [0, 0.1) is 0 Å². The van der Waals surface area contributed by atoms with Crippen molar-refractivity contribution >= 4 is 21.9 Å². The van der Waals surface area contributed by atoms with E-state index in [9.17, 15) is 4.79 Å². The highest BCUT2D eigenvalue weighted by Gasteiger charge is 2.39. The predicted molar refractivity (Wildman–Crippen MR) is 83.5 cm³/mol. The van der Waals surface area contributed by atoms with Crippen molar-refractivity contribution in [1.82, 2.24) is 0 Å². The van der Waals surface area contributed by atoms with Gasteiger partial charge in [-0.15, -0.1) is 0 Å². The van der Waals surface area contributed by atoms with Crippen LogP contribution in [0.1, 0.15) is 30.3 Å². The first-order valence-corrected chi connectivity index (χ1v) is 7.70. The quantitative estimate of drug-likeness (QED) is 0.604. The summed E-state index contributed by atoms with van der Waals surface area (Å²) in [6.07, 6.45) is -0.567. The maximum absolute atomic E-state index is 11.4. The Hall–Kier alpha value is -1.81. The van der Waals surface area contributed by atoms with Crippen molar-refractivity contribution < 1.29 is 14.3 Å². The van der Waals surface area contributed by atoms with E-state index in [0.717, 1.165) is 16.9 Å². The molecular formula is C17H15BrO3. The highest BCUT2D eigenvalue weighted by molar-refractivity contribution is 9.09. The number of para-hydroxylation sites is 1. The first-order valence-electron chi connectivity index (χ1n) is 6.78. The highest BCUT2D eigenvalue weighted by atomic mass is 79.9. The molecule has 0 bridgehead atoms. The minimum absolute atomic E-state index is 0.140. The fraction of sp³-hybridized carbons (Fsp3) is 0.235. The second kappa shape index (κ2) is 5.90. The van der Waals surface area contributed by atoms with Crippen molar-refractivity contribution in [2.24, 2.45) is 0 Å². The monoisotopic (exact) mass is 346 g/mol. The molecule has 0 radical (unpaired) electrons. The number of carbonyl (C=O) groups excluding carboxylic acids is 1. The van der Waals surface area contributed by atoms with E-state index in [1.54, 1.807) is 0 Å². The molecule has 21 heavy (non-hydrogen) atoms. The molecule has 108 valence electrons. The minimum atomic E-state index is -0.363. The Labute approximate surface area is 132 Å². The van der Waals surface area contributed by atoms with E-state index < -0.39 is 0 Å². The first kappa shape index (κ1) is 14.1. The Kier molecular flexibility index (Phi) is 3.97. The second-order valence-electron chi connectivity index (χ2n) is 4.96. The van der Waals surface area contributed by atoms with Crippen LogP contribution in [0.4, 0.5) is 0 Å². The lowest BCUT2D eigenvalue weighted by atomic mass is 9.94. The molecule has 3 rings (SSSR count). The molecule has 0 saturated carbocycles. The smallest absolute Gasteiger partial charge is 0.303 e. The third kappa shape index (κ3) is 2.81. The molecule has 0 spiro atoms. The molecule has 1 aliphatic rings. The van der Waals surface area contributed by atoms with Crippen LogP contribution in [-0.4, -0.2) is 10.8 Å². The summed E-state index contributed by atoms with van der Waals surface area (Å²) in [4.78, 5) is 11.3. The van der Waals surface area contributed by atoms with Gasteiger partial charge in [-0.1, -0.05) is 64.5 Å². The van der Waals surface area contributed by atoms with Gasteiger partial charge in [0.05, 0.1) is 4.83 Å². The normalized spacial score (nSPS) is 23.8. The Morgan fingerprint density at radius 2 is 1.76 bits per heavy atom. The van der Waals surface area contributed by atoms with Crippen molar-refractivity contribution in [3.8, 4) is 5.75 Å². The van der Waals surface area contributed by atoms with E-state index in [4.69, 9.17) is 9.47 Å². The lowest BCUT2D eigenvalue weighted by Crippen LogP contribution is -2.32. The van der Waals surface area contributed by atoms with Crippen LogP contribution in [0.5, 0.6) is 5.75 Å². The van der Waals surface area contributed by atoms with Crippen molar-refractivity contribution in [2.45, 2.75) is 24.0 Å². The summed E-state index contributed by atoms with van der Waals surface area (Å²) in [7, 11) is 0. The summed E-state index contributed by atoms with van der Waals surface area (Å²) < 4.78 is 11.6. The van der Waals surface area contributed by atoms with Crippen LogP contribution in [0.2, 0.25) is 0 Å². The summed E-state index contributed by atoms with van der Waals surface area (Å²) in [5.41, 5.74) is 1.94. The van der Waals surface area contributed by atoms with Gasteiger partial charge in [-0.25, -0.2) is 0 Å². The third-order valence-corrected chi connectivity index (χ3v) is 4.44. The number of halogens is 1. The van der Waals surface area contributed by atoms with Gasteiger partial charge in [0.1, 0.15) is 18.0 Å². The number of benzene rings is 2. The summed E-state index contributed by atoms with van der Waals surface area (Å²) in [5, 5.41) is 0. The van der Waals surface area contributed by atoms with Crippen LogP contribution in [0.25, 0.3) is 0 Å². The standard InChI is InChI=1S/C17H15BrO3/c1-11(19)20-17-13-9-5-6-10-14(13)21-16(15(17)18)12-7-3-2-4-8-12/h2-10,15-17H,1H3/t15-,16-,17+/m1/s1. The van der Waals surface area contributed by atoms with E-state index in [1.807, 2.05) is 54.6 Å². The fourth-order valence-electron chi connectivity index (χ4n) is 2.56. The molecular weight excluding hydrogens is 332 g/mol. The Balaban J connectivity index is 2.02. The molecule has 0 unspecified atom stereocenters. The molecule has 0 fully saturated rings. The lowest BCUT2D eigenvalue weighted by molar-refractivity contribution is -0.148. The molecule has 3 nitrogen and oxygen atoms in total. The van der Waals surface area contributed by atoms with Gasteiger partial charge < -0.3 is 9.47 Å². The third-order valence-electron chi connectivity index (χ3n) is 3.48. The van der Waals surface area contributed by atoms with E-state index in [2.05, 4.69) is 15.9 Å². The van der Waals surface area contributed by atoms with Gasteiger partial charge in [-0.3, -0.25) is 4.79 Å². The number of hydrogen-bond donors (Lipinski definition) is 0. The number of alkyl halides is 1. The van der Waals surface area contributed by atoms with Crippen LogP contribution in [0.3, 0.4) is 0 Å². The highest BCUT2D eigenvalue weighted by Crippen LogP contribution is 2.46. The second-order valence-corrected chi connectivity index (χ2v) is 6.02. The topological polar surface area (TPSA) is 35.5 Å². The van der Waals surface area contributed by atoms with E-state index in [0.29, 0.717) is 0 Å². The van der Waals surface area contributed by atoms with E-state index >= 15 is 0 Å². The molecule has 0 N–H and O–H groups in total. The van der Waals surface area contributed by atoms with Crippen LogP contribution in [-0.2, 0) is 9.53 Å². The molecule has 3 atom stereocenters. The number of rotatable bonds is 2. The first-order chi connectivity index (χ1) is 10.2. The van der Waals surface area contributed by atoms with Crippen molar-refractivity contribution in [2.75, 3.05) is 0 Å². The Morgan fingerprint density at radius 3 is 2.48 bits per heavy atom. The van der Waals surface area contributed by atoms with Gasteiger partial charge in [0.25, 0.3) is 0 Å². The lowest BCUT2D eigenvalue weighted by Gasteiger charge is -2.36. The summed E-state index contributed by atoms with van der Waals surface area (Å²) >= 11 is 3.65. The predicted octanol–water partition coefficient (Wildman–Crippen LogP) is 4.19. The van der Waals surface area contributed by atoms with Gasteiger partial charge in [-0.2, -0.15) is 0 Å². The zero-order chi connectivity index (χ0) is 14.8. The number of ether oxygens (including phenoxy) is 2. The Morgan fingerprint density at radius 1 is 1.10 bits per heavy atom. The number of carbonyl (C=O) groups is 1. The van der Waals surface area contributed by atoms with Gasteiger partial charge >= 0.3 is 5.97 Å². The van der Waals surface area contributed by atoms with Crippen LogP contribution < -0.4 is 4.74 Å². The van der Waals surface area contributed by atoms with Gasteiger partial charge in [0.2, 0.25) is 0 Å². The van der Waals surface area contributed by atoms with Crippen LogP contribution >= 0.6 is 15.9 Å². The molecule has 1 aliphatic heterocycles. The number of fused-ring (bicyclic) bond motifs is 1. The molecule has 0 aliphatic carbocycles. The minimum Gasteiger partial charge on any atom is -0.484 e. The van der Waals surface area contributed by atoms with E-state index in [-0.39, 0.29) is 23.0 Å². The van der Waals surface area contributed by atoms with Crippen LogP contribution in [0.15, 0.2) is 54.6 Å². The van der Waals surface area contributed by atoms with Crippen molar-refractivity contribution in [3.05, 3.63) is 65.7 Å². The number of hydrogen-bond acceptors (Lipinski definition) is 3. The van der Waals surface area contributed by atoms with Gasteiger partial charge in [0, 0.05) is 12.5 Å². The average Bonchev–Trinajstić information content (AvgIpc) is 2.50. The molecule has 2 aromatic rings. The van der Waals surface area contributed by atoms with Crippen molar-refractivity contribution in [3.63, 3.8) is 0 Å². The molecule has 0 amide bonds. The molecule has 0 aromatic heterocycles. The molecule has 0 saturated heterocycles. The number of esters is 1. The van der Waals surface area contributed by atoms with Gasteiger partial charge in [0.15, 0.2) is 0 Å². The Bertz CT molecular complexity index is 641. The SMILES string of the molecule is CC(=O)O[C@H]1c2ccccc2O[C@H](c2ccccc2)[C@H]1Br. The molecule has 1 heterocycles. The zero-order valence-electron chi connectivity index (χ0n) is 11.5. The summed E-state index contributed by atoms with van der Waals surface area (Å²) in [6.45, 7) is 1.43. The fourth-order valence-corrected chi connectivity index (χ4v) is 3.36. The zero-order valence-corrected chi connectivity index (χ0v) is 13.1. The molecule has 2 aromatic carbocycles. The van der Waals surface area contributed by atoms with Gasteiger partial charge in [-0.05, 0) is 11.6 Å². The average molecular weight is 347 g/mol. The summed E-state index contributed by atoms with van der Waals surface area (Å²) in [6, 6.07) is 17.6. The summed E-state index contributed by atoms with van der Waals surface area (Å²) in [5.74, 6) is 0.460.